The van der Waals surface area contributed by atoms with Gasteiger partial charge >= 0.3 is 96.1 Å². The van der Waals surface area contributed by atoms with Crippen LogP contribution in [0.3, 0.4) is 0 Å². The molecule has 0 spiro atoms. The molecule has 0 N–H and O–H groups in total. The zero-order valence-corrected chi connectivity index (χ0v) is 13.3. The molecular weight excluding hydrogens is 367 g/mol. The molecule has 0 unspecified atom stereocenters. The molecule has 1 aromatic carbocycles. The molecule has 14 heavy (non-hydrogen) atoms. The van der Waals surface area contributed by atoms with E-state index in [1.165, 1.54) is 5.56 Å². The Kier molecular flexibility index (Phi) is 4.53. The second-order valence-electron chi connectivity index (χ2n) is 4.20. The summed E-state index contributed by atoms with van der Waals surface area (Å²) in [4.78, 5) is 2.26. The van der Waals surface area contributed by atoms with E-state index in [9.17, 15) is 0 Å². The van der Waals surface area contributed by atoms with E-state index in [4.69, 9.17) is 0 Å². The van der Waals surface area contributed by atoms with Gasteiger partial charge in [0.2, 0.25) is 0 Å². The fraction of sp³-hybridized carbons (Fsp3) is 0.500. The van der Waals surface area contributed by atoms with Gasteiger partial charge in [-0.1, -0.05) is 0 Å². The van der Waals surface area contributed by atoms with Crippen LogP contribution in [0.15, 0.2) is 18.2 Å². The van der Waals surface area contributed by atoms with Crippen molar-refractivity contribution >= 4 is 25.0 Å². The molecule has 0 aromatic heterocycles. The predicted molar refractivity (Wildman–Crippen MR) is 65.7 cm³/mol. The van der Waals surface area contributed by atoms with E-state index >= 15 is 0 Å². The van der Waals surface area contributed by atoms with Gasteiger partial charge in [0, 0.05) is 0 Å². The van der Waals surface area contributed by atoms with E-state index in [2.05, 4.69) is 53.4 Å². The summed E-state index contributed by atoms with van der Waals surface area (Å²) >= 11 is -1.29. The van der Waals surface area contributed by atoms with E-state index in [0.29, 0.717) is 0 Å². The van der Waals surface area contributed by atoms with Crippen LogP contribution in [0.25, 0.3) is 0 Å². The molecule has 0 aliphatic rings. The van der Waals surface area contributed by atoms with Gasteiger partial charge < -0.3 is 0 Å². The Labute approximate surface area is 95.8 Å². The monoisotopic (exact) mass is 387 g/mol. The molecule has 0 saturated carbocycles. The molecular formula is C12H20BiN. The Morgan fingerprint density at radius 3 is 2.36 bits per heavy atom. The first-order valence-electron chi connectivity index (χ1n) is 4.93. The van der Waals surface area contributed by atoms with Crippen LogP contribution in [0.2, 0.25) is 9.26 Å². The second kappa shape index (κ2) is 5.23. The van der Waals surface area contributed by atoms with Crippen LogP contribution in [-0.4, -0.2) is 40.7 Å². The summed E-state index contributed by atoms with van der Waals surface area (Å²) in [5, 5.41) is 0. The normalized spacial score (nSPS) is 11.4. The summed E-state index contributed by atoms with van der Waals surface area (Å²) in [5.74, 6) is 0. The van der Waals surface area contributed by atoms with Crippen molar-refractivity contribution in [2.45, 2.75) is 22.7 Å². The first kappa shape index (κ1) is 12.1. The third-order valence-corrected chi connectivity index (χ3v) is 7.72. The summed E-state index contributed by atoms with van der Waals surface area (Å²) in [6, 6.07) is 6.78. The zero-order chi connectivity index (χ0) is 10.7. The number of benzene rings is 1. The van der Waals surface area contributed by atoms with Gasteiger partial charge in [-0.2, -0.15) is 0 Å². The van der Waals surface area contributed by atoms with Gasteiger partial charge in [0.05, 0.1) is 0 Å². The zero-order valence-electron chi connectivity index (χ0n) is 9.83. The molecule has 0 atom stereocenters. The van der Waals surface area contributed by atoms with Crippen LogP contribution >= 0.6 is 0 Å². The molecule has 0 heterocycles. The maximum absolute atomic E-state index is 2.46. The maximum atomic E-state index is 2.46. The minimum atomic E-state index is -1.29. The first-order chi connectivity index (χ1) is 6.52. The van der Waals surface area contributed by atoms with Crippen molar-refractivity contribution in [2.75, 3.05) is 14.1 Å². The van der Waals surface area contributed by atoms with Crippen LogP contribution in [0.4, 0.5) is 0 Å². The molecule has 0 aliphatic heterocycles. The number of rotatable bonds is 3. The van der Waals surface area contributed by atoms with Crippen molar-refractivity contribution in [3.8, 4) is 0 Å². The van der Waals surface area contributed by atoms with Crippen LogP contribution < -0.4 is 3.27 Å². The molecule has 0 radical (unpaired) electrons. The Morgan fingerprint density at radius 1 is 1.21 bits per heavy atom. The quantitative estimate of drug-likeness (QED) is 0.718. The van der Waals surface area contributed by atoms with Crippen molar-refractivity contribution in [3.63, 3.8) is 0 Å². The van der Waals surface area contributed by atoms with Gasteiger partial charge in [-0.05, 0) is 0 Å². The van der Waals surface area contributed by atoms with E-state index < -0.39 is 21.8 Å². The third kappa shape index (κ3) is 3.03. The van der Waals surface area contributed by atoms with Crippen molar-refractivity contribution in [1.29, 1.82) is 0 Å². The van der Waals surface area contributed by atoms with Crippen molar-refractivity contribution in [1.82, 2.24) is 4.90 Å². The molecule has 0 bridgehead atoms. The topological polar surface area (TPSA) is 3.24 Å². The molecule has 1 rings (SSSR count). The van der Waals surface area contributed by atoms with E-state index in [1.54, 1.807) is 8.83 Å². The van der Waals surface area contributed by atoms with Gasteiger partial charge in [-0.25, -0.2) is 0 Å². The van der Waals surface area contributed by atoms with E-state index in [1.807, 2.05) is 0 Å². The summed E-state index contributed by atoms with van der Waals surface area (Å²) in [6.45, 7) is 3.32. The number of hydrogen-bond donors (Lipinski definition) is 0. The molecule has 0 amide bonds. The number of aryl methyl sites for hydroxylation is 1. The summed E-state index contributed by atoms with van der Waals surface area (Å²) in [7, 11) is 4.29. The Bertz CT molecular complexity index is 305. The Balaban J connectivity index is 3.09. The summed E-state index contributed by atoms with van der Waals surface area (Å²) < 4.78 is 6.61. The van der Waals surface area contributed by atoms with Gasteiger partial charge in [0.1, 0.15) is 0 Å². The summed E-state index contributed by atoms with van der Waals surface area (Å²) in [6.07, 6.45) is 0. The molecule has 0 fully saturated rings. The van der Waals surface area contributed by atoms with Crippen molar-refractivity contribution in [3.05, 3.63) is 29.3 Å². The fourth-order valence-corrected chi connectivity index (χ4v) is 6.18. The first-order valence-corrected chi connectivity index (χ1v) is 13.6. The van der Waals surface area contributed by atoms with E-state index in [-0.39, 0.29) is 0 Å². The van der Waals surface area contributed by atoms with Crippen molar-refractivity contribution < 1.29 is 0 Å². The number of nitrogens with zero attached hydrogens (tertiary/aromatic N) is 1. The van der Waals surface area contributed by atoms with Crippen LogP contribution in [0, 0.1) is 6.92 Å². The molecule has 1 aromatic rings. The molecule has 78 valence electrons. The van der Waals surface area contributed by atoms with Gasteiger partial charge in [0.25, 0.3) is 0 Å². The average Bonchev–Trinajstić information content (AvgIpc) is 2.07. The van der Waals surface area contributed by atoms with Gasteiger partial charge in [-0.3, -0.25) is 0 Å². The van der Waals surface area contributed by atoms with E-state index in [0.717, 1.165) is 6.54 Å². The minimum absolute atomic E-state index is 1.09. The Morgan fingerprint density at radius 2 is 1.86 bits per heavy atom. The summed E-state index contributed by atoms with van der Waals surface area (Å²) in [5.41, 5.74) is 3.04. The molecule has 0 saturated heterocycles. The second-order valence-corrected chi connectivity index (χ2v) is 13.0. The fourth-order valence-electron chi connectivity index (χ4n) is 1.63. The molecule has 1 nitrogen and oxygen atoms in total. The van der Waals surface area contributed by atoms with Crippen LogP contribution in [0.5, 0.6) is 0 Å². The molecule has 0 aliphatic carbocycles. The predicted octanol–water partition coefficient (Wildman–Crippen LogP) is 2.02. The average molecular weight is 387 g/mol. The van der Waals surface area contributed by atoms with Crippen LogP contribution in [0.1, 0.15) is 11.1 Å². The van der Waals surface area contributed by atoms with Crippen molar-refractivity contribution in [2.24, 2.45) is 0 Å². The molecule has 2 heteroatoms. The SMILES string of the molecule is Cc1ccc[c]([Bi]([CH3])[CH3])c1CN(C)C. The number of hydrogen-bond acceptors (Lipinski definition) is 1. The van der Waals surface area contributed by atoms with Crippen LogP contribution in [-0.2, 0) is 6.54 Å². The standard InChI is InChI=1S/C10H14N.2CH3.Bi/c1-9-6-4-5-7-10(9)8-11(2)3;;;/h4-6H,8H2,1-3H3;2*1H3;. The Hall–Kier alpha value is 0.0631. The van der Waals surface area contributed by atoms with Gasteiger partial charge in [-0.15, -0.1) is 0 Å². The van der Waals surface area contributed by atoms with Gasteiger partial charge in [0.15, 0.2) is 0 Å². The third-order valence-electron chi connectivity index (χ3n) is 2.34.